The molecule has 2 heteroatoms. The topological polar surface area (TPSA) is 0 Å². The van der Waals surface area contributed by atoms with Gasteiger partial charge in [0.1, 0.15) is 0 Å². The van der Waals surface area contributed by atoms with E-state index in [0.29, 0.717) is 0 Å². The molecule has 0 N–H and O–H groups in total. The Balaban J connectivity index is 4.53. The summed E-state index contributed by atoms with van der Waals surface area (Å²) in [4.78, 5) is 0. The van der Waals surface area contributed by atoms with E-state index in [-0.39, 0.29) is 11.8 Å². The van der Waals surface area contributed by atoms with E-state index in [1.807, 2.05) is 27.7 Å². The van der Waals surface area contributed by atoms with Crippen LogP contribution in [0.25, 0.3) is 0 Å². The molecule has 0 amide bonds. The molecule has 0 radical (unpaired) electrons. The van der Waals surface area contributed by atoms with Gasteiger partial charge in [-0.05, 0) is 11.8 Å². The summed E-state index contributed by atoms with van der Waals surface area (Å²) >= 11 is 0. The lowest BCUT2D eigenvalue weighted by Gasteiger charge is -2.36. The number of hydrogen-bond donors (Lipinski definition) is 0. The van der Waals surface area contributed by atoms with Crippen LogP contribution in [0, 0.1) is 17.3 Å². The van der Waals surface area contributed by atoms with Gasteiger partial charge in [-0.25, -0.2) is 8.78 Å². The Labute approximate surface area is 68.0 Å². The van der Waals surface area contributed by atoms with E-state index in [1.165, 1.54) is 0 Å². The summed E-state index contributed by atoms with van der Waals surface area (Å²) in [7, 11) is 0. The van der Waals surface area contributed by atoms with Crippen molar-refractivity contribution >= 4 is 0 Å². The van der Waals surface area contributed by atoms with Crippen molar-refractivity contribution in [2.45, 2.75) is 41.0 Å². The van der Waals surface area contributed by atoms with Crippen LogP contribution in [0.1, 0.15) is 34.6 Å². The summed E-state index contributed by atoms with van der Waals surface area (Å²) in [6.45, 7) is 9.07. The zero-order chi connectivity index (χ0) is 9.23. The van der Waals surface area contributed by atoms with E-state index in [2.05, 4.69) is 0 Å². The van der Waals surface area contributed by atoms with E-state index in [9.17, 15) is 8.78 Å². The molecule has 0 aliphatic rings. The third-order valence-electron chi connectivity index (χ3n) is 2.96. The third-order valence-corrected chi connectivity index (χ3v) is 2.96. The molecule has 0 nitrogen and oxygen atoms in total. The minimum absolute atomic E-state index is 0.0301. The predicted octanol–water partition coefficient (Wildman–Crippen LogP) is 3.57. The van der Waals surface area contributed by atoms with E-state index < -0.39 is 11.8 Å². The number of rotatable bonds is 3. The summed E-state index contributed by atoms with van der Waals surface area (Å²) in [5.74, 6) is 0.0602. The summed E-state index contributed by atoms with van der Waals surface area (Å²) < 4.78 is 25.2. The molecule has 11 heavy (non-hydrogen) atoms. The van der Waals surface area contributed by atoms with Gasteiger partial charge in [-0.15, -0.1) is 0 Å². The monoisotopic (exact) mass is 164 g/mol. The second-order valence-electron chi connectivity index (χ2n) is 3.98. The molecule has 0 rings (SSSR count). The van der Waals surface area contributed by atoms with Gasteiger partial charge >= 0.3 is 0 Å². The zero-order valence-electron chi connectivity index (χ0n) is 7.99. The molecule has 0 unspecified atom stereocenters. The molecular weight excluding hydrogens is 146 g/mol. The van der Waals surface area contributed by atoms with Crippen LogP contribution >= 0.6 is 0 Å². The Bertz CT molecular complexity index is 95.0. The van der Waals surface area contributed by atoms with E-state index in [0.717, 1.165) is 0 Å². The van der Waals surface area contributed by atoms with E-state index >= 15 is 0 Å². The van der Waals surface area contributed by atoms with Gasteiger partial charge < -0.3 is 0 Å². The summed E-state index contributed by atoms with van der Waals surface area (Å²) in [6.07, 6.45) is -2.22. The van der Waals surface area contributed by atoms with Gasteiger partial charge in [-0.1, -0.05) is 34.6 Å². The highest BCUT2D eigenvalue weighted by Crippen LogP contribution is 2.40. The summed E-state index contributed by atoms with van der Waals surface area (Å²) in [5.41, 5.74) is -0.833. The number of halogens is 2. The Morgan fingerprint density at radius 2 is 1.18 bits per heavy atom. The van der Waals surface area contributed by atoms with Crippen molar-refractivity contribution in [2.24, 2.45) is 17.3 Å². The summed E-state index contributed by atoms with van der Waals surface area (Å²) in [6, 6.07) is 0. The Morgan fingerprint density at radius 3 is 1.18 bits per heavy atom. The molecular formula is C9H18F2. The molecule has 0 atom stereocenters. The maximum Gasteiger partial charge on any atom is 0.244 e. The average molecular weight is 164 g/mol. The number of alkyl halides is 2. The molecule has 0 bridgehead atoms. The molecule has 0 saturated heterocycles. The average Bonchev–Trinajstić information content (AvgIpc) is 1.84. The molecule has 0 aromatic carbocycles. The smallest absolute Gasteiger partial charge is 0.210 e. The molecule has 0 saturated carbocycles. The van der Waals surface area contributed by atoms with Gasteiger partial charge in [0.15, 0.2) is 0 Å². The predicted molar refractivity (Wildman–Crippen MR) is 43.8 cm³/mol. The lowest BCUT2D eigenvalue weighted by atomic mass is 9.71. The first-order valence-electron chi connectivity index (χ1n) is 4.11. The largest absolute Gasteiger partial charge is 0.244 e. The minimum Gasteiger partial charge on any atom is -0.210 e. The zero-order valence-corrected chi connectivity index (χ0v) is 7.99. The van der Waals surface area contributed by atoms with Gasteiger partial charge in [0, 0.05) is 5.41 Å². The number of hydrogen-bond acceptors (Lipinski definition) is 0. The second-order valence-corrected chi connectivity index (χ2v) is 3.98. The maximum atomic E-state index is 12.6. The molecule has 0 fully saturated rings. The fourth-order valence-corrected chi connectivity index (χ4v) is 1.17. The normalized spacial score (nSPS) is 13.6. The van der Waals surface area contributed by atoms with E-state index in [1.54, 1.807) is 6.92 Å². The van der Waals surface area contributed by atoms with Crippen LogP contribution in [-0.2, 0) is 0 Å². The van der Waals surface area contributed by atoms with Crippen molar-refractivity contribution in [1.82, 2.24) is 0 Å². The first-order valence-corrected chi connectivity index (χ1v) is 4.11. The molecule has 0 aliphatic heterocycles. The first-order chi connectivity index (χ1) is 4.83. The van der Waals surface area contributed by atoms with E-state index in [4.69, 9.17) is 0 Å². The van der Waals surface area contributed by atoms with Crippen LogP contribution in [0.5, 0.6) is 0 Å². The van der Waals surface area contributed by atoms with Crippen LogP contribution < -0.4 is 0 Å². The fourth-order valence-electron chi connectivity index (χ4n) is 1.17. The Morgan fingerprint density at radius 1 is 0.909 bits per heavy atom. The standard InChI is InChI=1S/C9H18F2/c1-6(2)9(5,7(3)4)8(10)11/h6-8H,1-5H3. The fraction of sp³-hybridized carbons (Fsp3) is 1.00. The van der Waals surface area contributed by atoms with Gasteiger partial charge in [0.05, 0.1) is 0 Å². The van der Waals surface area contributed by atoms with Gasteiger partial charge in [-0.2, -0.15) is 0 Å². The van der Waals surface area contributed by atoms with Crippen LogP contribution in [-0.4, -0.2) is 6.43 Å². The molecule has 68 valence electrons. The van der Waals surface area contributed by atoms with Crippen LogP contribution in [0.2, 0.25) is 0 Å². The Kier molecular flexibility index (Phi) is 3.46. The van der Waals surface area contributed by atoms with Crippen molar-refractivity contribution in [3.8, 4) is 0 Å². The molecule has 0 aromatic heterocycles. The van der Waals surface area contributed by atoms with Crippen molar-refractivity contribution in [2.75, 3.05) is 0 Å². The lowest BCUT2D eigenvalue weighted by Crippen LogP contribution is -2.36. The Hall–Kier alpha value is -0.140. The molecule has 0 aliphatic carbocycles. The molecule has 0 heterocycles. The highest BCUT2D eigenvalue weighted by Gasteiger charge is 2.40. The van der Waals surface area contributed by atoms with Crippen molar-refractivity contribution in [3.05, 3.63) is 0 Å². The SMILES string of the molecule is CC(C)C(C)(C(C)C)C(F)F. The van der Waals surface area contributed by atoms with Gasteiger partial charge in [0.25, 0.3) is 0 Å². The van der Waals surface area contributed by atoms with Crippen molar-refractivity contribution in [3.63, 3.8) is 0 Å². The molecule has 0 spiro atoms. The first kappa shape index (κ1) is 10.9. The maximum absolute atomic E-state index is 12.6. The highest BCUT2D eigenvalue weighted by atomic mass is 19.3. The minimum atomic E-state index is -2.22. The van der Waals surface area contributed by atoms with Crippen LogP contribution in [0.3, 0.4) is 0 Å². The molecule has 0 aromatic rings. The van der Waals surface area contributed by atoms with Crippen molar-refractivity contribution < 1.29 is 8.78 Å². The lowest BCUT2D eigenvalue weighted by molar-refractivity contribution is -0.0567. The van der Waals surface area contributed by atoms with Crippen LogP contribution in [0.4, 0.5) is 8.78 Å². The van der Waals surface area contributed by atoms with Gasteiger partial charge in [0.2, 0.25) is 6.43 Å². The quantitative estimate of drug-likeness (QED) is 0.598. The third kappa shape index (κ3) is 1.91. The van der Waals surface area contributed by atoms with Crippen molar-refractivity contribution in [1.29, 1.82) is 0 Å². The summed E-state index contributed by atoms with van der Waals surface area (Å²) in [5, 5.41) is 0. The second kappa shape index (κ2) is 3.51. The van der Waals surface area contributed by atoms with Crippen LogP contribution in [0.15, 0.2) is 0 Å². The highest BCUT2D eigenvalue weighted by molar-refractivity contribution is 4.83. The van der Waals surface area contributed by atoms with Gasteiger partial charge in [-0.3, -0.25) is 0 Å².